The molecule has 8 heteroatoms. The van der Waals surface area contributed by atoms with Crippen molar-refractivity contribution in [3.63, 3.8) is 0 Å². The van der Waals surface area contributed by atoms with Gasteiger partial charge in [0.2, 0.25) is 0 Å². The van der Waals surface area contributed by atoms with Gasteiger partial charge in [-0.15, -0.1) is 0 Å². The van der Waals surface area contributed by atoms with Crippen LogP contribution in [0.25, 0.3) is 6.08 Å². The Morgan fingerprint density at radius 3 is 2.59 bits per heavy atom. The lowest BCUT2D eigenvalue weighted by Crippen LogP contribution is -2.30. The molecule has 138 valence electrons. The number of thioether (sulfide) groups is 1. The lowest BCUT2D eigenvalue weighted by molar-refractivity contribution is -0.113. The van der Waals surface area contributed by atoms with Crippen molar-refractivity contribution in [3.05, 3.63) is 58.5 Å². The monoisotopic (exact) mass is 400 g/mol. The molecule has 0 spiro atoms. The fraction of sp³-hybridized carbons (Fsp3) is 0.105. The van der Waals surface area contributed by atoms with Gasteiger partial charge >= 0.3 is 0 Å². The van der Waals surface area contributed by atoms with Gasteiger partial charge in [0.05, 0.1) is 30.4 Å². The average molecular weight is 400 g/mol. The van der Waals surface area contributed by atoms with Crippen LogP contribution < -0.4 is 20.1 Å². The second-order valence-electron chi connectivity index (χ2n) is 5.51. The summed E-state index contributed by atoms with van der Waals surface area (Å²) in [6.07, 6.45) is 1.69. The van der Waals surface area contributed by atoms with Crippen molar-refractivity contribution in [1.29, 1.82) is 0 Å². The first-order chi connectivity index (χ1) is 13.0. The number of anilines is 1. The zero-order chi connectivity index (χ0) is 19.6. The van der Waals surface area contributed by atoms with Crippen molar-refractivity contribution >= 4 is 51.9 Å². The third-order valence-corrected chi connectivity index (χ3v) is 5.23. The van der Waals surface area contributed by atoms with E-state index in [1.807, 2.05) is 0 Å². The van der Waals surface area contributed by atoms with Gasteiger partial charge in [-0.05, 0) is 36.4 Å². The standard InChI is InChI=1S/C19H16N2O4S2/c1-24-12-7-8-15(25-2)11(9-12)10-16-18(23)21(19(26)27-16)14-6-4-3-5-13(14)17(20)22/h3-10H,1-2H3,(H2,20,22)/b16-10-. The number of primary amides is 1. The quantitative estimate of drug-likeness (QED) is 0.613. The summed E-state index contributed by atoms with van der Waals surface area (Å²) < 4.78 is 10.9. The smallest absolute Gasteiger partial charge is 0.270 e. The van der Waals surface area contributed by atoms with Gasteiger partial charge < -0.3 is 15.2 Å². The normalized spacial score (nSPS) is 15.3. The molecule has 0 unspecified atom stereocenters. The molecule has 1 heterocycles. The molecule has 1 saturated heterocycles. The van der Waals surface area contributed by atoms with Crippen LogP contribution in [-0.2, 0) is 4.79 Å². The van der Waals surface area contributed by atoms with Crippen LogP contribution in [0.4, 0.5) is 5.69 Å². The van der Waals surface area contributed by atoms with Crippen LogP contribution in [0.15, 0.2) is 47.4 Å². The highest BCUT2D eigenvalue weighted by Gasteiger charge is 2.35. The van der Waals surface area contributed by atoms with Crippen LogP contribution in [0.5, 0.6) is 11.5 Å². The maximum atomic E-state index is 13.0. The summed E-state index contributed by atoms with van der Waals surface area (Å²) in [7, 11) is 3.11. The van der Waals surface area contributed by atoms with Crippen LogP contribution in [0.2, 0.25) is 0 Å². The fourth-order valence-electron chi connectivity index (χ4n) is 2.65. The zero-order valence-corrected chi connectivity index (χ0v) is 16.2. The van der Waals surface area contributed by atoms with Gasteiger partial charge in [0.15, 0.2) is 4.32 Å². The van der Waals surface area contributed by atoms with Crippen molar-refractivity contribution in [2.75, 3.05) is 19.1 Å². The Hall–Kier alpha value is -2.84. The maximum absolute atomic E-state index is 13.0. The van der Waals surface area contributed by atoms with Crippen LogP contribution in [0.1, 0.15) is 15.9 Å². The Balaban J connectivity index is 2.03. The third kappa shape index (κ3) is 3.67. The minimum Gasteiger partial charge on any atom is -0.497 e. The van der Waals surface area contributed by atoms with Crippen LogP contribution in [0.3, 0.4) is 0 Å². The molecule has 0 saturated carbocycles. The Morgan fingerprint density at radius 1 is 1.19 bits per heavy atom. The molecule has 2 aromatic carbocycles. The number of carbonyl (C=O) groups is 2. The number of para-hydroxylation sites is 1. The lowest BCUT2D eigenvalue weighted by atomic mass is 10.1. The van der Waals surface area contributed by atoms with E-state index in [0.717, 1.165) is 11.8 Å². The van der Waals surface area contributed by atoms with Crippen LogP contribution in [-0.4, -0.2) is 30.4 Å². The Bertz CT molecular complexity index is 972. The minimum absolute atomic E-state index is 0.231. The van der Waals surface area contributed by atoms with Gasteiger partial charge in [-0.1, -0.05) is 36.1 Å². The van der Waals surface area contributed by atoms with E-state index in [9.17, 15) is 9.59 Å². The predicted octanol–water partition coefficient (Wildman–Crippen LogP) is 3.21. The van der Waals surface area contributed by atoms with Gasteiger partial charge in [0.25, 0.3) is 11.8 Å². The van der Waals surface area contributed by atoms with E-state index in [2.05, 4.69) is 0 Å². The molecule has 1 aliphatic heterocycles. The van der Waals surface area contributed by atoms with E-state index in [1.54, 1.807) is 62.8 Å². The largest absolute Gasteiger partial charge is 0.497 e. The first-order valence-electron chi connectivity index (χ1n) is 7.85. The summed E-state index contributed by atoms with van der Waals surface area (Å²) in [5.41, 5.74) is 6.71. The van der Waals surface area contributed by atoms with Crippen molar-refractivity contribution in [2.24, 2.45) is 5.73 Å². The highest BCUT2D eigenvalue weighted by molar-refractivity contribution is 8.27. The van der Waals surface area contributed by atoms with E-state index in [1.165, 1.54) is 4.90 Å². The molecule has 2 amide bonds. The molecule has 0 atom stereocenters. The van der Waals surface area contributed by atoms with Crippen LogP contribution in [0, 0.1) is 0 Å². The zero-order valence-electron chi connectivity index (χ0n) is 14.6. The van der Waals surface area contributed by atoms with Crippen LogP contribution >= 0.6 is 24.0 Å². The van der Waals surface area contributed by atoms with Crippen molar-refractivity contribution in [2.45, 2.75) is 0 Å². The number of ether oxygens (including phenoxy) is 2. The summed E-state index contributed by atoms with van der Waals surface area (Å²) in [6.45, 7) is 0. The number of hydrogen-bond donors (Lipinski definition) is 1. The number of thiocarbonyl (C=S) groups is 1. The molecule has 3 rings (SSSR count). The van der Waals surface area contributed by atoms with Gasteiger partial charge in [-0.3, -0.25) is 14.5 Å². The number of hydrogen-bond acceptors (Lipinski definition) is 6. The SMILES string of the molecule is COc1ccc(OC)c(/C=C2\SC(=S)N(c3ccccc3C(N)=O)C2=O)c1. The van der Waals surface area contributed by atoms with E-state index in [4.69, 9.17) is 27.4 Å². The van der Waals surface area contributed by atoms with Crippen molar-refractivity contribution < 1.29 is 19.1 Å². The van der Waals surface area contributed by atoms with E-state index in [-0.39, 0.29) is 11.5 Å². The molecular formula is C19H16N2O4S2. The van der Waals surface area contributed by atoms with E-state index < -0.39 is 5.91 Å². The number of carbonyl (C=O) groups excluding carboxylic acids is 2. The molecule has 0 bridgehead atoms. The highest BCUT2D eigenvalue weighted by atomic mass is 32.2. The van der Waals surface area contributed by atoms with Gasteiger partial charge in [0.1, 0.15) is 11.5 Å². The molecule has 27 heavy (non-hydrogen) atoms. The topological polar surface area (TPSA) is 81.9 Å². The third-order valence-electron chi connectivity index (χ3n) is 3.93. The van der Waals surface area contributed by atoms with Gasteiger partial charge in [0, 0.05) is 5.56 Å². The number of benzene rings is 2. The second kappa shape index (κ2) is 7.81. The lowest BCUT2D eigenvalue weighted by Gasteiger charge is -2.17. The Kier molecular flexibility index (Phi) is 5.48. The number of amides is 2. The summed E-state index contributed by atoms with van der Waals surface area (Å²) >= 11 is 6.51. The first-order valence-corrected chi connectivity index (χ1v) is 9.07. The summed E-state index contributed by atoms with van der Waals surface area (Å²) in [4.78, 5) is 26.4. The molecular weight excluding hydrogens is 384 g/mol. The van der Waals surface area contributed by atoms with Gasteiger partial charge in [-0.2, -0.15) is 0 Å². The Labute approximate surface area is 165 Å². The summed E-state index contributed by atoms with van der Waals surface area (Å²) in [5, 5.41) is 0. The number of nitrogens with zero attached hydrogens (tertiary/aromatic N) is 1. The number of rotatable bonds is 5. The van der Waals surface area contributed by atoms with Gasteiger partial charge in [-0.25, -0.2) is 0 Å². The van der Waals surface area contributed by atoms with Crippen molar-refractivity contribution in [1.82, 2.24) is 0 Å². The number of methoxy groups -OCH3 is 2. The molecule has 2 N–H and O–H groups in total. The summed E-state index contributed by atoms with van der Waals surface area (Å²) in [6, 6.07) is 11.9. The van der Waals surface area contributed by atoms with E-state index >= 15 is 0 Å². The fourth-order valence-corrected chi connectivity index (χ4v) is 3.92. The highest BCUT2D eigenvalue weighted by Crippen LogP contribution is 2.38. The number of nitrogens with two attached hydrogens (primary N) is 1. The minimum atomic E-state index is -0.627. The molecule has 6 nitrogen and oxygen atoms in total. The maximum Gasteiger partial charge on any atom is 0.270 e. The molecule has 0 aromatic heterocycles. The molecule has 0 aliphatic carbocycles. The van der Waals surface area contributed by atoms with Crippen molar-refractivity contribution in [3.8, 4) is 11.5 Å². The molecule has 0 radical (unpaired) electrons. The molecule has 1 fully saturated rings. The molecule has 2 aromatic rings. The average Bonchev–Trinajstić information content (AvgIpc) is 2.94. The second-order valence-corrected chi connectivity index (χ2v) is 7.18. The Morgan fingerprint density at radius 2 is 1.93 bits per heavy atom. The summed E-state index contributed by atoms with van der Waals surface area (Å²) in [5.74, 6) is 0.275. The van der Waals surface area contributed by atoms with E-state index in [0.29, 0.717) is 32.0 Å². The first kappa shape index (κ1) is 18.9. The predicted molar refractivity (Wildman–Crippen MR) is 110 cm³/mol. The molecule has 1 aliphatic rings.